The smallest absolute Gasteiger partial charge is 0.250 e. The summed E-state index contributed by atoms with van der Waals surface area (Å²) in [7, 11) is 6.04. The number of amides is 1. The molecule has 1 amide bonds. The van der Waals surface area contributed by atoms with Crippen LogP contribution in [0.4, 0.5) is 17.1 Å². The van der Waals surface area contributed by atoms with Crippen LogP contribution < -0.4 is 16.0 Å². The molecule has 318 valence electrons. The third-order valence-electron chi connectivity index (χ3n) is 11.7. The van der Waals surface area contributed by atoms with E-state index in [-0.39, 0.29) is 0 Å². The summed E-state index contributed by atoms with van der Waals surface area (Å²) in [5.41, 5.74) is 20.4. The molecule has 65 heavy (non-hydrogen) atoms. The van der Waals surface area contributed by atoms with E-state index < -0.39 is 5.91 Å². The number of nitrogens with two attached hydrogens (primary N) is 1. The minimum atomic E-state index is -0.524. The van der Waals surface area contributed by atoms with Crippen LogP contribution in [0.25, 0.3) is 66.1 Å². The molecule has 7 heterocycles. The summed E-state index contributed by atoms with van der Waals surface area (Å²) in [5, 5.41) is 10.1. The van der Waals surface area contributed by atoms with Gasteiger partial charge >= 0.3 is 0 Å². The fourth-order valence-electron chi connectivity index (χ4n) is 8.26. The van der Waals surface area contributed by atoms with Gasteiger partial charge < -0.3 is 25.1 Å². The first-order valence-electron chi connectivity index (χ1n) is 21.0. The molecule has 0 atom stereocenters. The zero-order chi connectivity index (χ0) is 44.4. The first-order chi connectivity index (χ1) is 31.8. The molecule has 0 radical (unpaired) electrons. The van der Waals surface area contributed by atoms with Crippen molar-refractivity contribution in [2.45, 2.75) is 13.1 Å². The van der Waals surface area contributed by atoms with Gasteiger partial charge in [0.15, 0.2) is 0 Å². The van der Waals surface area contributed by atoms with E-state index in [9.17, 15) is 4.79 Å². The van der Waals surface area contributed by atoms with E-state index in [2.05, 4.69) is 123 Å². The molecule has 3 N–H and O–H groups in total. The summed E-state index contributed by atoms with van der Waals surface area (Å²) < 4.78 is 6.11. The molecule has 0 aliphatic carbocycles. The van der Waals surface area contributed by atoms with Gasteiger partial charge in [-0.2, -0.15) is 5.10 Å². The van der Waals surface area contributed by atoms with Crippen molar-refractivity contribution in [3.8, 4) is 22.3 Å². The van der Waals surface area contributed by atoms with Gasteiger partial charge in [-0.1, -0.05) is 30.3 Å². The summed E-state index contributed by atoms with van der Waals surface area (Å²) >= 11 is 0. The van der Waals surface area contributed by atoms with Gasteiger partial charge in [-0.15, -0.1) is 0 Å². The number of hydrogen-bond acceptors (Lipinski definition) is 10. The van der Waals surface area contributed by atoms with Gasteiger partial charge in [0.1, 0.15) is 0 Å². The van der Waals surface area contributed by atoms with Crippen LogP contribution in [0, 0.1) is 0 Å². The average molecular weight is 854 g/mol. The molecule has 14 nitrogen and oxygen atoms in total. The van der Waals surface area contributed by atoms with Crippen LogP contribution in [-0.4, -0.2) is 54.7 Å². The first kappa shape index (κ1) is 40.3. The average Bonchev–Trinajstić information content (AvgIpc) is 4.06. The summed E-state index contributed by atoms with van der Waals surface area (Å²) in [6, 6.07) is 32.9. The minimum Gasteiger partial charge on any atom is -0.379 e. The van der Waals surface area contributed by atoms with E-state index in [1.807, 2.05) is 66.4 Å². The highest BCUT2D eigenvalue weighted by Crippen LogP contribution is 2.38. The molecular weight excluding hydrogens is 811 g/mol. The number of aryl methyl sites for hydroxylation is 3. The lowest BCUT2D eigenvalue weighted by molar-refractivity contribution is 0.100. The van der Waals surface area contributed by atoms with E-state index in [1.165, 1.54) is 10.9 Å². The number of primary amides is 1. The molecule has 0 saturated heterocycles. The van der Waals surface area contributed by atoms with Crippen LogP contribution in [0.15, 0.2) is 165 Å². The van der Waals surface area contributed by atoms with Crippen molar-refractivity contribution >= 4 is 66.8 Å². The van der Waals surface area contributed by atoms with Gasteiger partial charge in [-0.3, -0.25) is 39.4 Å². The Labute approximate surface area is 373 Å². The number of carbonyl (C=O) groups is 1. The topological polar surface area (TPSA) is 163 Å². The van der Waals surface area contributed by atoms with E-state index in [0.717, 1.165) is 77.9 Å². The zero-order valence-corrected chi connectivity index (χ0v) is 35.9. The van der Waals surface area contributed by atoms with Crippen LogP contribution in [0.1, 0.15) is 21.6 Å². The standard InChI is InChI=1S/C29H23N7O.C22H20N6/c1-35-12-7-20-4-5-21(13-26(20)35)24-14-22(15-25-28(24)34-11-10-33-25)36(18-19-3-2-8-31-16-19)27-17-32-9-6-23(27)29(30)37;1-27-10-6-15-3-4-16(11-21(15)27)19-12-17(13-20-22(19)24-9-8-23-20)25-14-18-5-7-26-28(18)2/h2-17H,18H2,1H3,(H2,30,37);3-13,25H,14H2,1-2H3. The van der Waals surface area contributed by atoms with Gasteiger partial charge in [-0.25, -0.2) is 0 Å². The van der Waals surface area contributed by atoms with Gasteiger partial charge in [0, 0.05) is 123 Å². The summed E-state index contributed by atoms with van der Waals surface area (Å²) in [6.45, 7) is 1.14. The lowest BCUT2D eigenvalue weighted by atomic mass is 10.0. The number of nitrogens with one attached hydrogen (secondary N) is 1. The van der Waals surface area contributed by atoms with Crippen LogP contribution in [-0.2, 0) is 34.2 Å². The minimum absolute atomic E-state index is 0.380. The lowest BCUT2D eigenvalue weighted by Gasteiger charge is -2.27. The highest BCUT2D eigenvalue weighted by Gasteiger charge is 2.21. The Kier molecular flexibility index (Phi) is 10.6. The van der Waals surface area contributed by atoms with Crippen LogP contribution >= 0.6 is 0 Å². The van der Waals surface area contributed by atoms with Gasteiger partial charge in [-0.05, 0) is 94.2 Å². The predicted molar refractivity (Wildman–Crippen MR) is 256 cm³/mol. The van der Waals surface area contributed by atoms with Crippen molar-refractivity contribution in [3.05, 3.63) is 182 Å². The predicted octanol–water partition coefficient (Wildman–Crippen LogP) is 9.15. The number of carbonyl (C=O) groups excluding carboxylic acids is 1. The molecule has 11 rings (SSSR count). The van der Waals surface area contributed by atoms with Crippen molar-refractivity contribution in [1.82, 2.24) is 48.8 Å². The van der Waals surface area contributed by atoms with Crippen molar-refractivity contribution in [2.24, 2.45) is 26.9 Å². The quantitative estimate of drug-likeness (QED) is 0.136. The van der Waals surface area contributed by atoms with Crippen molar-refractivity contribution in [2.75, 3.05) is 10.2 Å². The highest BCUT2D eigenvalue weighted by molar-refractivity contribution is 6.02. The first-order valence-corrected chi connectivity index (χ1v) is 21.0. The summed E-state index contributed by atoms with van der Waals surface area (Å²) in [5.74, 6) is -0.524. The molecule has 0 spiro atoms. The number of benzene rings is 4. The number of rotatable bonds is 10. The van der Waals surface area contributed by atoms with Gasteiger partial charge in [0.2, 0.25) is 0 Å². The molecule has 14 heteroatoms. The van der Waals surface area contributed by atoms with Gasteiger partial charge in [0.05, 0.1) is 51.8 Å². The zero-order valence-electron chi connectivity index (χ0n) is 35.9. The Morgan fingerprint density at radius 2 is 1.29 bits per heavy atom. The molecule has 0 unspecified atom stereocenters. The van der Waals surface area contributed by atoms with E-state index in [0.29, 0.717) is 24.3 Å². The Morgan fingerprint density at radius 3 is 1.92 bits per heavy atom. The molecule has 0 aliphatic rings. The third kappa shape index (κ3) is 8.07. The van der Waals surface area contributed by atoms with E-state index in [1.54, 1.807) is 55.6 Å². The maximum absolute atomic E-state index is 12.4. The number of hydrogen-bond donors (Lipinski definition) is 2. The largest absolute Gasteiger partial charge is 0.379 e. The van der Waals surface area contributed by atoms with Crippen LogP contribution in [0.5, 0.6) is 0 Å². The van der Waals surface area contributed by atoms with E-state index >= 15 is 0 Å². The Balaban J connectivity index is 0.000000159. The van der Waals surface area contributed by atoms with Crippen LogP contribution in [0.3, 0.4) is 0 Å². The fraction of sp³-hybridized carbons (Fsp3) is 0.0980. The number of nitrogens with zero attached hydrogens (tertiary/aromatic N) is 11. The number of aromatic nitrogens is 10. The molecule has 11 aromatic rings. The third-order valence-corrected chi connectivity index (χ3v) is 11.7. The van der Waals surface area contributed by atoms with Crippen molar-refractivity contribution in [3.63, 3.8) is 0 Å². The van der Waals surface area contributed by atoms with Crippen LogP contribution in [0.2, 0.25) is 0 Å². The van der Waals surface area contributed by atoms with Crippen molar-refractivity contribution in [1.29, 1.82) is 0 Å². The van der Waals surface area contributed by atoms with Gasteiger partial charge in [0.25, 0.3) is 5.91 Å². The second kappa shape index (κ2) is 17.2. The summed E-state index contributed by atoms with van der Waals surface area (Å²) in [4.78, 5) is 41.4. The number of anilines is 3. The summed E-state index contributed by atoms with van der Waals surface area (Å²) in [6.07, 6.45) is 19.6. The Morgan fingerprint density at radius 1 is 0.646 bits per heavy atom. The molecular formula is C51H43N13O. The Hall–Kier alpha value is -8.78. The maximum Gasteiger partial charge on any atom is 0.250 e. The second-order valence-corrected chi connectivity index (χ2v) is 15.8. The van der Waals surface area contributed by atoms with Crippen molar-refractivity contribution < 1.29 is 4.79 Å². The molecule has 0 aliphatic heterocycles. The maximum atomic E-state index is 12.4. The lowest BCUT2D eigenvalue weighted by Crippen LogP contribution is -2.22. The monoisotopic (exact) mass is 853 g/mol. The molecule has 0 fully saturated rings. The molecule has 7 aromatic heterocycles. The molecule has 4 aromatic carbocycles. The SMILES string of the molecule is Cn1ccc2ccc(-c3cc(N(Cc4cccnc4)c4cnccc4C(N)=O)cc4nccnc34)cc21.Cn1nccc1CNc1cc(-c2ccc3ccn(C)c3c2)c2nccnc2c1. The number of fused-ring (bicyclic) bond motifs is 4. The Bertz CT molecular complexity index is 3520. The normalized spacial score (nSPS) is 11.2. The highest BCUT2D eigenvalue weighted by atomic mass is 16.1. The second-order valence-electron chi connectivity index (χ2n) is 15.8. The fourth-order valence-corrected chi connectivity index (χ4v) is 8.26. The van der Waals surface area contributed by atoms with E-state index in [4.69, 9.17) is 5.73 Å². The molecule has 0 bridgehead atoms. The number of pyridine rings is 2. The molecule has 0 saturated carbocycles.